The minimum absolute atomic E-state index is 0.112. The summed E-state index contributed by atoms with van der Waals surface area (Å²) in [5.41, 5.74) is 0.420. The highest BCUT2D eigenvalue weighted by Gasteiger charge is 2.31. The van der Waals surface area contributed by atoms with Gasteiger partial charge in [-0.05, 0) is 19.1 Å². The number of para-hydroxylation sites is 1. The van der Waals surface area contributed by atoms with E-state index < -0.39 is 10.0 Å². The Morgan fingerprint density at radius 3 is 2.75 bits per heavy atom. The third-order valence-corrected chi connectivity index (χ3v) is 4.04. The molecule has 0 atom stereocenters. The number of ether oxygens (including phenoxy) is 1. The molecule has 0 aromatic heterocycles. The summed E-state index contributed by atoms with van der Waals surface area (Å²) in [7, 11) is -2.08. The first kappa shape index (κ1) is 10.9. The standard InChI is InChI=1S/C10H12N2O3S/c1-3-15-10-11-8-6-4-5-7-9(8)16(13,14)12(10)2/h4-7H,3H2,1-2H3. The lowest BCUT2D eigenvalue weighted by atomic mass is 10.3. The lowest BCUT2D eigenvalue weighted by molar-refractivity contribution is 0.290. The predicted molar refractivity (Wildman–Crippen MR) is 60.1 cm³/mol. The van der Waals surface area contributed by atoms with Crippen LogP contribution >= 0.6 is 0 Å². The molecule has 0 unspecified atom stereocenters. The molecule has 1 aliphatic heterocycles. The molecule has 1 aliphatic rings. The molecule has 1 aromatic rings. The number of fused-ring (bicyclic) bond motifs is 1. The minimum atomic E-state index is -3.51. The number of rotatable bonds is 1. The molecule has 0 bridgehead atoms. The molecule has 0 fully saturated rings. The zero-order valence-corrected chi connectivity index (χ0v) is 9.86. The van der Waals surface area contributed by atoms with Crippen LogP contribution in [-0.4, -0.2) is 32.4 Å². The molecule has 0 amide bonds. The monoisotopic (exact) mass is 240 g/mol. The topological polar surface area (TPSA) is 59.0 Å². The zero-order valence-electron chi connectivity index (χ0n) is 9.04. The van der Waals surface area contributed by atoms with Crippen LogP contribution in [0.15, 0.2) is 34.2 Å². The van der Waals surface area contributed by atoms with E-state index in [-0.39, 0.29) is 10.9 Å². The third-order valence-electron chi connectivity index (χ3n) is 2.26. The van der Waals surface area contributed by atoms with Crippen LogP contribution in [0.5, 0.6) is 0 Å². The van der Waals surface area contributed by atoms with E-state index >= 15 is 0 Å². The van der Waals surface area contributed by atoms with Gasteiger partial charge in [0.25, 0.3) is 10.0 Å². The molecule has 0 saturated heterocycles. The number of hydrogen-bond acceptors (Lipinski definition) is 4. The van der Waals surface area contributed by atoms with Crippen molar-refractivity contribution < 1.29 is 13.2 Å². The Kier molecular flexibility index (Phi) is 2.59. The Morgan fingerprint density at radius 1 is 1.38 bits per heavy atom. The molecule has 1 heterocycles. The van der Waals surface area contributed by atoms with Gasteiger partial charge in [0, 0.05) is 7.05 Å². The van der Waals surface area contributed by atoms with Gasteiger partial charge < -0.3 is 4.74 Å². The zero-order chi connectivity index (χ0) is 11.8. The molecule has 0 radical (unpaired) electrons. The summed E-state index contributed by atoms with van der Waals surface area (Å²) in [5.74, 6) is 0. The number of sulfonamides is 1. The van der Waals surface area contributed by atoms with Crippen LogP contribution in [0.1, 0.15) is 6.92 Å². The van der Waals surface area contributed by atoms with Crippen molar-refractivity contribution in [2.24, 2.45) is 4.99 Å². The van der Waals surface area contributed by atoms with Crippen molar-refractivity contribution in [3.05, 3.63) is 24.3 Å². The number of amidine groups is 1. The summed E-state index contributed by atoms with van der Waals surface area (Å²) in [5, 5.41) is 0. The summed E-state index contributed by atoms with van der Waals surface area (Å²) in [4.78, 5) is 4.36. The van der Waals surface area contributed by atoms with E-state index in [4.69, 9.17) is 4.74 Å². The lowest BCUT2D eigenvalue weighted by Gasteiger charge is -2.25. The Hall–Kier alpha value is -1.56. The maximum atomic E-state index is 12.1. The Balaban J connectivity index is 2.62. The summed E-state index contributed by atoms with van der Waals surface area (Å²) in [6, 6.07) is 6.71. The van der Waals surface area contributed by atoms with Crippen LogP contribution in [0.3, 0.4) is 0 Å². The largest absolute Gasteiger partial charge is 0.465 e. The summed E-state index contributed by atoms with van der Waals surface area (Å²) in [6.07, 6.45) is 0. The predicted octanol–water partition coefficient (Wildman–Crippen LogP) is 1.34. The molecule has 0 saturated carbocycles. The van der Waals surface area contributed by atoms with E-state index in [1.54, 1.807) is 25.1 Å². The lowest BCUT2D eigenvalue weighted by Crippen LogP contribution is -2.37. The van der Waals surface area contributed by atoms with Gasteiger partial charge in [0.15, 0.2) is 0 Å². The molecule has 5 nitrogen and oxygen atoms in total. The van der Waals surface area contributed by atoms with E-state index in [2.05, 4.69) is 4.99 Å². The van der Waals surface area contributed by atoms with Crippen molar-refractivity contribution in [3.63, 3.8) is 0 Å². The minimum Gasteiger partial charge on any atom is -0.465 e. The molecular weight excluding hydrogens is 228 g/mol. The second kappa shape index (κ2) is 3.79. The first-order valence-electron chi connectivity index (χ1n) is 4.87. The Bertz CT molecular complexity index is 537. The van der Waals surface area contributed by atoms with Crippen LogP contribution in [0.25, 0.3) is 0 Å². The van der Waals surface area contributed by atoms with Crippen LogP contribution in [0.4, 0.5) is 5.69 Å². The number of aliphatic imine (C=N–C) groups is 1. The molecular formula is C10H12N2O3S. The fourth-order valence-corrected chi connectivity index (χ4v) is 2.67. The maximum Gasteiger partial charge on any atom is 0.306 e. The van der Waals surface area contributed by atoms with Crippen molar-refractivity contribution >= 4 is 21.7 Å². The van der Waals surface area contributed by atoms with Gasteiger partial charge in [0.05, 0.1) is 12.3 Å². The van der Waals surface area contributed by atoms with Crippen molar-refractivity contribution in [3.8, 4) is 0 Å². The van der Waals surface area contributed by atoms with Gasteiger partial charge in [0.2, 0.25) is 0 Å². The Labute approximate surface area is 94.4 Å². The molecule has 1 aromatic carbocycles. The van der Waals surface area contributed by atoms with Gasteiger partial charge in [-0.3, -0.25) is 0 Å². The van der Waals surface area contributed by atoms with E-state index in [1.165, 1.54) is 13.1 Å². The summed E-state index contributed by atoms with van der Waals surface area (Å²) < 4.78 is 30.3. The van der Waals surface area contributed by atoms with Crippen LogP contribution in [0.2, 0.25) is 0 Å². The molecule has 2 rings (SSSR count). The van der Waals surface area contributed by atoms with Gasteiger partial charge in [-0.1, -0.05) is 12.1 Å². The Morgan fingerprint density at radius 2 is 2.06 bits per heavy atom. The van der Waals surface area contributed by atoms with Crippen LogP contribution in [-0.2, 0) is 14.8 Å². The molecule has 86 valence electrons. The van der Waals surface area contributed by atoms with Crippen molar-refractivity contribution in [2.45, 2.75) is 11.8 Å². The molecule has 6 heteroatoms. The fraction of sp³-hybridized carbons (Fsp3) is 0.300. The molecule has 0 spiro atoms. The molecule has 16 heavy (non-hydrogen) atoms. The highest BCUT2D eigenvalue weighted by molar-refractivity contribution is 7.89. The first-order chi connectivity index (χ1) is 7.57. The fourth-order valence-electron chi connectivity index (χ4n) is 1.44. The summed E-state index contributed by atoms with van der Waals surface area (Å²) >= 11 is 0. The van der Waals surface area contributed by atoms with Gasteiger partial charge >= 0.3 is 6.02 Å². The van der Waals surface area contributed by atoms with E-state index in [0.29, 0.717) is 12.3 Å². The van der Waals surface area contributed by atoms with Gasteiger partial charge in [0.1, 0.15) is 4.90 Å². The van der Waals surface area contributed by atoms with E-state index in [1.807, 2.05) is 0 Å². The van der Waals surface area contributed by atoms with E-state index in [9.17, 15) is 8.42 Å². The van der Waals surface area contributed by atoms with Gasteiger partial charge in [-0.2, -0.15) is 4.99 Å². The smallest absolute Gasteiger partial charge is 0.306 e. The van der Waals surface area contributed by atoms with E-state index in [0.717, 1.165) is 4.31 Å². The third kappa shape index (κ3) is 1.55. The van der Waals surface area contributed by atoms with Crippen LogP contribution in [0, 0.1) is 0 Å². The van der Waals surface area contributed by atoms with Crippen molar-refractivity contribution in [2.75, 3.05) is 13.7 Å². The van der Waals surface area contributed by atoms with Crippen LogP contribution < -0.4 is 0 Å². The average molecular weight is 240 g/mol. The molecule has 0 aliphatic carbocycles. The van der Waals surface area contributed by atoms with Gasteiger partial charge in [-0.25, -0.2) is 12.7 Å². The second-order valence-corrected chi connectivity index (χ2v) is 5.21. The van der Waals surface area contributed by atoms with Gasteiger partial charge in [-0.15, -0.1) is 0 Å². The number of hydrogen-bond donors (Lipinski definition) is 0. The highest BCUT2D eigenvalue weighted by atomic mass is 32.2. The van der Waals surface area contributed by atoms with Crippen molar-refractivity contribution in [1.29, 1.82) is 0 Å². The highest BCUT2D eigenvalue weighted by Crippen LogP contribution is 2.31. The summed E-state index contributed by atoms with van der Waals surface area (Å²) in [6.45, 7) is 2.16. The number of nitrogens with zero attached hydrogens (tertiary/aromatic N) is 2. The average Bonchev–Trinajstić information content (AvgIpc) is 2.26. The molecule has 0 N–H and O–H groups in total. The first-order valence-corrected chi connectivity index (χ1v) is 6.31. The second-order valence-electron chi connectivity index (χ2n) is 3.27. The normalized spacial score (nSPS) is 17.6. The SMILES string of the molecule is CCOC1=Nc2ccccc2S(=O)(=O)N1C. The quantitative estimate of drug-likeness (QED) is 0.744. The maximum absolute atomic E-state index is 12.1. The van der Waals surface area contributed by atoms with Crippen molar-refractivity contribution in [1.82, 2.24) is 4.31 Å². The number of benzene rings is 1.